The van der Waals surface area contributed by atoms with Gasteiger partial charge in [0.2, 0.25) is 5.91 Å². The molecule has 0 aromatic heterocycles. The average molecular weight is 261 g/mol. The third-order valence-electron chi connectivity index (χ3n) is 3.39. The van der Waals surface area contributed by atoms with Crippen LogP contribution in [-0.4, -0.2) is 37.5 Å². The molecule has 100 valence electrons. The van der Waals surface area contributed by atoms with Crippen molar-refractivity contribution in [3.63, 3.8) is 0 Å². The predicted octanol–water partition coefficient (Wildman–Crippen LogP) is 1.75. The molecule has 4 nitrogen and oxygen atoms in total. The minimum Gasteiger partial charge on any atom is -0.358 e. The molecule has 1 heterocycles. The van der Waals surface area contributed by atoms with E-state index in [1.165, 1.54) is 11.0 Å². The lowest BCUT2D eigenvalue weighted by atomic mass is 10.1. The summed E-state index contributed by atoms with van der Waals surface area (Å²) in [6, 6.07) is 6.12. The summed E-state index contributed by atoms with van der Waals surface area (Å²) in [5.41, 5.74) is 0.529. The number of amides is 1. The number of nitriles is 1. The fourth-order valence-electron chi connectivity index (χ4n) is 2.47. The van der Waals surface area contributed by atoms with Crippen LogP contribution in [0.2, 0.25) is 0 Å². The van der Waals surface area contributed by atoms with Crippen LogP contribution in [0.4, 0.5) is 10.1 Å². The Balaban J connectivity index is 2.39. The Hall–Kier alpha value is -2.09. The van der Waals surface area contributed by atoms with Crippen LogP contribution < -0.4 is 4.90 Å². The zero-order valence-corrected chi connectivity index (χ0v) is 11.1. The lowest BCUT2D eigenvalue weighted by molar-refractivity contribution is -0.129. The molecule has 19 heavy (non-hydrogen) atoms. The fourth-order valence-corrected chi connectivity index (χ4v) is 2.47. The summed E-state index contributed by atoms with van der Waals surface area (Å²) >= 11 is 0. The van der Waals surface area contributed by atoms with Gasteiger partial charge >= 0.3 is 0 Å². The number of likely N-dealkylation sites (N-methyl/N-ethyl adjacent to an activating group) is 1. The van der Waals surface area contributed by atoms with Gasteiger partial charge in [0.25, 0.3) is 0 Å². The van der Waals surface area contributed by atoms with Gasteiger partial charge in [0.05, 0.1) is 5.69 Å². The maximum absolute atomic E-state index is 13.6. The Morgan fingerprint density at radius 1 is 1.53 bits per heavy atom. The molecule has 0 spiro atoms. The summed E-state index contributed by atoms with van der Waals surface area (Å²) in [5, 5.41) is 9.08. The SMILES string of the molecule is CN(C)C(=O)C1CCCN1c1cccc(F)c1C#N. The van der Waals surface area contributed by atoms with E-state index in [1.54, 1.807) is 26.2 Å². The second-order valence-electron chi connectivity index (χ2n) is 4.83. The van der Waals surface area contributed by atoms with Crippen LogP contribution in [0.15, 0.2) is 18.2 Å². The summed E-state index contributed by atoms with van der Waals surface area (Å²) in [5.74, 6) is -0.548. The van der Waals surface area contributed by atoms with Crippen molar-refractivity contribution in [3.8, 4) is 6.07 Å². The molecule has 0 bridgehead atoms. The van der Waals surface area contributed by atoms with E-state index in [4.69, 9.17) is 5.26 Å². The van der Waals surface area contributed by atoms with E-state index in [2.05, 4.69) is 0 Å². The van der Waals surface area contributed by atoms with Crippen molar-refractivity contribution in [2.45, 2.75) is 18.9 Å². The summed E-state index contributed by atoms with van der Waals surface area (Å²) in [7, 11) is 3.41. The molecule has 2 rings (SSSR count). The molecule has 0 saturated carbocycles. The van der Waals surface area contributed by atoms with Crippen molar-refractivity contribution in [1.29, 1.82) is 5.26 Å². The molecule has 0 aliphatic carbocycles. The van der Waals surface area contributed by atoms with Crippen LogP contribution in [0, 0.1) is 17.1 Å². The van der Waals surface area contributed by atoms with Crippen molar-refractivity contribution in [2.75, 3.05) is 25.5 Å². The average Bonchev–Trinajstić information content (AvgIpc) is 2.86. The number of anilines is 1. The highest BCUT2D eigenvalue weighted by Gasteiger charge is 2.33. The second kappa shape index (κ2) is 5.27. The molecule has 1 atom stereocenters. The van der Waals surface area contributed by atoms with Gasteiger partial charge in [0.1, 0.15) is 23.5 Å². The topological polar surface area (TPSA) is 47.3 Å². The molecular formula is C14H16FN3O. The van der Waals surface area contributed by atoms with Crippen LogP contribution in [0.1, 0.15) is 18.4 Å². The smallest absolute Gasteiger partial charge is 0.244 e. The highest BCUT2D eigenvalue weighted by Crippen LogP contribution is 2.30. The first-order valence-corrected chi connectivity index (χ1v) is 6.22. The molecule has 1 aromatic carbocycles. The fraction of sp³-hybridized carbons (Fsp3) is 0.429. The van der Waals surface area contributed by atoms with E-state index >= 15 is 0 Å². The van der Waals surface area contributed by atoms with Gasteiger partial charge in [-0.3, -0.25) is 4.79 Å². The normalized spacial score (nSPS) is 18.2. The second-order valence-corrected chi connectivity index (χ2v) is 4.83. The van der Waals surface area contributed by atoms with Crippen molar-refractivity contribution in [2.24, 2.45) is 0 Å². The molecule has 1 amide bonds. The van der Waals surface area contributed by atoms with E-state index in [0.29, 0.717) is 12.2 Å². The van der Waals surface area contributed by atoms with Gasteiger partial charge < -0.3 is 9.80 Å². The first kappa shape index (κ1) is 13.3. The molecule has 0 radical (unpaired) electrons. The van der Waals surface area contributed by atoms with Gasteiger partial charge in [0, 0.05) is 20.6 Å². The van der Waals surface area contributed by atoms with Gasteiger partial charge in [-0.05, 0) is 25.0 Å². The Morgan fingerprint density at radius 2 is 2.26 bits per heavy atom. The minimum atomic E-state index is -0.539. The van der Waals surface area contributed by atoms with Gasteiger partial charge in [-0.1, -0.05) is 6.07 Å². The molecule has 1 fully saturated rings. The molecule has 1 saturated heterocycles. The van der Waals surface area contributed by atoms with E-state index in [0.717, 1.165) is 12.8 Å². The lowest BCUT2D eigenvalue weighted by Gasteiger charge is -2.28. The van der Waals surface area contributed by atoms with Gasteiger partial charge in [-0.25, -0.2) is 4.39 Å². The Kier molecular flexibility index (Phi) is 3.70. The molecular weight excluding hydrogens is 245 g/mol. The van der Waals surface area contributed by atoms with Crippen LogP contribution in [0.25, 0.3) is 0 Å². The monoisotopic (exact) mass is 261 g/mol. The number of hydrogen-bond acceptors (Lipinski definition) is 3. The first-order valence-electron chi connectivity index (χ1n) is 6.22. The van der Waals surface area contributed by atoms with Crippen molar-refractivity contribution >= 4 is 11.6 Å². The summed E-state index contributed by atoms with van der Waals surface area (Å²) < 4.78 is 13.6. The first-order chi connectivity index (χ1) is 9.06. The largest absolute Gasteiger partial charge is 0.358 e. The van der Waals surface area contributed by atoms with E-state index in [9.17, 15) is 9.18 Å². The number of nitrogens with zero attached hydrogens (tertiary/aromatic N) is 3. The number of halogens is 1. The molecule has 0 N–H and O–H groups in total. The van der Waals surface area contributed by atoms with Crippen molar-refractivity contribution < 1.29 is 9.18 Å². The van der Waals surface area contributed by atoms with Gasteiger partial charge in [0.15, 0.2) is 0 Å². The zero-order valence-electron chi connectivity index (χ0n) is 11.1. The number of rotatable bonds is 2. The van der Waals surface area contributed by atoms with Crippen LogP contribution >= 0.6 is 0 Å². The van der Waals surface area contributed by atoms with E-state index in [1.807, 2.05) is 11.0 Å². The maximum Gasteiger partial charge on any atom is 0.244 e. The number of hydrogen-bond donors (Lipinski definition) is 0. The maximum atomic E-state index is 13.6. The standard InChI is InChI=1S/C14H16FN3O/c1-17(2)14(19)13-7-4-8-18(13)12-6-3-5-11(15)10(12)9-16/h3,5-6,13H,4,7-8H2,1-2H3. The lowest BCUT2D eigenvalue weighted by Crippen LogP contribution is -2.43. The Morgan fingerprint density at radius 3 is 2.89 bits per heavy atom. The van der Waals surface area contributed by atoms with Crippen molar-refractivity contribution in [1.82, 2.24) is 4.90 Å². The third-order valence-corrected chi connectivity index (χ3v) is 3.39. The quantitative estimate of drug-likeness (QED) is 0.815. The Labute approximate surface area is 112 Å². The van der Waals surface area contributed by atoms with Crippen LogP contribution in [0.5, 0.6) is 0 Å². The molecule has 5 heteroatoms. The predicted molar refractivity (Wildman–Crippen MR) is 70.2 cm³/mol. The van der Waals surface area contributed by atoms with Gasteiger partial charge in [-0.2, -0.15) is 5.26 Å². The summed E-state index contributed by atoms with van der Waals surface area (Å²) in [6.45, 7) is 0.669. The molecule has 1 unspecified atom stereocenters. The molecule has 1 aliphatic heterocycles. The molecule has 1 aliphatic rings. The van der Waals surface area contributed by atoms with Crippen molar-refractivity contribution in [3.05, 3.63) is 29.6 Å². The summed E-state index contributed by atoms with van der Waals surface area (Å²) in [6.07, 6.45) is 1.60. The van der Waals surface area contributed by atoms with E-state index in [-0.39, 0.29) is 17.5 Å². The number of carbonyl (C=O) groups excluding carboxylic acids is 1. The van der Waals surface area contributed by atoms with Crippen LogP contribution in [-0.2, 0) is 4.79 Å². The van der Waals surface area contributed by atoms with E-state index < -0.39 is 5.82 Å². The molecule has 1 aromatic rings. The number of carbonyl (C=O) groups is 1. The summed E-state index contributed by atoms with van der Waals surface area (Å²) in [4.78, 5) is 15.5. The third kappa shape index (κ3) is 2.39. The zero-order chi connectivity index (χ0) is 14.0. The minimum absolute atomic E-state index is 0.00866. The van der Waals surface area contributed by atoms with Crippen LogP contribution in [0.3, 0.4) is 0 Å². The van der Waals surface area contributed by atoms with Gasteiger partial charge in [-0.15, -0.1) is 0 Å². The highest BCUT2D eigenvalue weighted by atomic mass is 19.1. The number of benzene rings is 1. The highest BCUT2D eigenvalue weighted by molar-refractivity contribution is 5.86. The Bertz CT molecular complexity index is 536.